The van der Waals surface area contributed by atoms with Gasteiger partial charge in [0, 0.05) is 23.8 Å². The molecular weight excluding hydrogens is 556 g/mol. The summed E-state index contributed by atoms with van der Waals surface area (Å²) in [6.07, 6.45) is 0. The normalized spacial score (nSPS) is 11.2. The fourth-order valence-corrected chi connectivity index (χ4v) is 5.32. The maximum atomic E-state index is 11.4. The van der Waals surface area contributed by atoms with Crippen molar-refractivity contribution in [2.75, 3.05) is 29.6 Å². The molecule has 0 aromatic heterocycles. The molecule has 0 radical (unpaired) electrons. The molecular formula is C27H34N4O7S2. The van der Waals surface area contributed by atoms with E-state index in [-0.39, 0.29) is 11.1 Å². The van der Waals surface area contributed by atoms with Crippen LogP contribution in [0.1, 0.15) is 25.0 Å². The second-order valence-corrected chi connectivity index (χ2v) is 11.3. The number of phenolic OH excluding ortho intramolecular Hbond substituents is 1. The van der Waals surface area contributed by atoms with Crippen molar-refractivity contribution < 1.29 is 31.0 Å². The van der Waals surface area contributed by atoms with E-state index in [0.29, 0.717) is 6.07 Å². The van der Waals surface area contributed by atoms with Crippen molar-refractivity contribution in [1.82, 2.24) is 0 Å². The average molecular weight is 591 g/mol. The number of nitrogens with two attached hydrogens (primary N) is 3. The van der Waals surface area contributed by atoms with Crippen molar-refractivity contribution in [2.24, 2.45) is 0 Å². The molecule has 40 heavy (non-hydrogen) atoms. The van der Waals surface area contributed by atoms with Gasteiger partial charge in [0.2, 0.25) is 0 Å². The number of nitrogen functional groups attached to an aromatic ring is 3. The number of benzene rings is 4. The van der Waals surface area contributed by atoms with Crippen LogP contribution in [-0.2, 0) is 20.2 Å². The van der Waals surface area contributed by atoms with Crippen LogP contribution in [0.3, 0.4) is 0 Å². The van der Waals surface area contributed by atoms with Gasteiger partial charge in [-0.25, -0.2) is 0 Å². The Balaban J connectivity index is 0.000000269. The molecule has 0 aliphatic heterocycles. The number of anilines is 4. The van der Waals surface area contributed by atoms with Gasteiger partial charge in [-0.3, -0.25) is 9.11 Å². The van der Waals surface area contributed by atoms with E-state index in [9.17, 15) is 26.5 Å². The molecule has 0 atom stereocenters. The summed E-state index contributed by atoms with van der Waals surface area (Å²) in [4.78, 5) is -1.81. The summed E-state index contributed by atoms with van der Waals surface area (Å²) in [6.45, 7) is 8.15. The van der Waals surface area contributed by atoms with Gasteiger partial charge in [0.1, 0.15) is 15.5 Å². The number of nitrogens with one attached hydrogen (secondary N) is 1. The fraction of sp³-hybridized carbons (Fsp3) is 0.185. The highest BCUT2D eigenvalue weighted by Crippen LogP contribution is 2.41. The zero-order chi connectivity index (χ0) is 30.6. The first-order valence-corrected chi connectivity index (χ1v) is 14.9. The minimum atomic E-state index is -4.89. The van der Waals surface area contributed by atoms with Crippen molar-refractivity contribution in [1.29, 1.82) is 0 Å². The molecule has 0 saturated heterocycles. The van der Waals surface area contributed by atoms with Crippen LogP contribution >= 0.6 is 0 Å². The maximum absolute atomic E-state index is 11.4. The Labute approximate surface area is 234 Å². The summed E-state index contributed by atoms with van der Waals surface area (Å²) in [6, 6.07) is 15.4. The van der Waals surface area contributed by atoms with Crippen LogP contribution in [0.25, 0.3) is 21.9 Å². The lowest BCUT2D eigenvalue weighted by Crippen LogP contribution is -2.08. The Kier molecular flexibility index (Phi) is 10.00. The molecule has 13 heteroatoms. The Bertz CT molecular complexity index is 1770. The van der Waals surface area contributed by atoms with Gasteiger partial charge in [-0.15, -0.1) is 0 Å². The Morgan fingerprint density at radius 2 is 1.20 bits per heavy atom. The molecule has 0 unspecified atom stereocenters. The number of phenols is 1. The molecule has 0 amide bonds. The number of fused-ring (bicyclic) bond motifs is 1. The smallest absolute Gasteiger partial charge is 0.296 e. The first-order chi connectivity index (χ1) is 18.6. The van der Waals surface area contributed by atoms with E-state index in [1.807, 2.05) is 33.9 Å². The fourth-order valence-electron chi connectivity index (χ4n) is 3.89. The minimum Gasteiger partial charge on any atom is -0.505 e. The molecule has 4 aromatic rings. The summed E-state index contributed by atoms with van der Waals surface area (Å²) in [5.41, 5.74) is 22.9. The molecule has 4 rings (SSSR count). The number of aromatic hydroxyl groups is 1. The number of rotatable bonds is 4. The van der Waals surface area contributed by atoms with Gasteiger partial charge in [-0.1, -0.05) is 32.0 Å². The first kappa shape index (κ1) is 32.2. The summed E-state index contributed by atoms with van der Waals surface area (Å²) in [7, 11) is -7.79. The van der Waals surface area contributed by atoms with Crippen molar-refractivity contribution in [3.63, 3.8) is 0 Å². The molecule has 4 aromatic carbocycles. The van der Waals surface area contributed by atoms with Crippen molar-refractivity contribution in [3.8, 4) is 16.9 Å². The zero-order valence-electron chi connectivity index (χ0n) is 22.7. The molecule has 10 N–H and O–H groups in total. The average Bonchev–Trinajstić information content (AvgIpc) is 2.88. The summed E-state index contributed by atoms with van der Waals surface area (Å²) in [5.74, 6) is -0.666. The summed E-state index contributed by atoms with van der Waals surface area (Å²) < 4.78 is 63.5. The van der Waals surface area contributed by atoms with Gasteiger partial charge in [-0.2, -0.15) is 16.8 Å². The predicted molar refractivity (Wildman–Crippen MR) is 161 cm³/mol. The van der Waals surface area contributed by atoms with Crippen molar-refractivity contribution in [3.05, 3.63) is 65.7 Å². The van der Waals surface area contributed by atoms with E-state index in [2.05, 4.69) is 42.6 Å². The second-order valence-electron chi connectivity index (χ2n) is 8.51. The Morgan fingerprint density at radius 3 is 1.68 bits per heavy atom. The third kappa shape index (κ3) is 6.93. The van der Waals surface area contributed by atoms with Gasteiger partial charge in [0.05, 0.1) is 16.8 Å². The SMILES string of the molecule is CC.CNc1ccc(-c2ccc(N)c(C)c2)cc1C.Nc1ccc2c(S(=O)(=O)O)cc(S(=O)(=O)O)c(N)c2c1O. The zero-order valence-corrected chi connectivity index (χ0v) is 24.4. The summed E-state index contributed by atoms with van der Waals surface area (Å²) in [5, 5.41) is 12.4. The van der Waals surface area contributed by atoms with E-state index >= 15 is 0 Å². The highest BCUT2D eigenvalue weighted by atomic mass is 32.2. The maximum Gasteiger partial charge on any atom is 0.296 e. The Morgan fingerprint density at radius 1 is 0.700 bits per heavy atom. The molecule has 11 nitrogen and oxygen atoms in total. The lowest BCUT2D eigenvalue weighted by atomic mass is 10.00. The van der Waals surface area contributed by atoms with E-state index in [0.717, 1.165) is 23.4 Å². The number of aryl methyl sites for hydroxylation is 2. The van der Waals surface area contributed by atoms with Gasteiger partial charge in [0.25, 0.3) is 20.2 Å². The molecule has 0 heterocycles. The van der Waals surface area contributed by atoms with Crippen LogP contribution in [0.2, 0.25) is 0 Å². The molecule has 0 aliphatic rings. The first-order valence-electron chi connectivity index (χ1n) is 12.0. The molecule has 0 spiro atoms. The van der Waals surface area contributed by atoms with Crippen LogP contribution in [0, 0.1) is 13.8 Å². The molecule has 0 bridgehead atoms. The highest BCUT2D eigenvalue weighted by Gasteiger charge is 2.26. The number of hydrogen-bond donors (Lipinski definition) is 7. The third-order valence-corrected chi connectivity index (χ3v) is 7.71. The molecule has 0 aliphatic carbocycles. The van der Waals surface area contributed by atoms with E-state index in [1.165, 1.54) is 22.4 Å². The van der Waals surface area contributed by atoms with E-state index in [1.54, 1.807) is 0 Å². The number of hydrogen-bond acceptors (Lipinski definition) is 9. The van der Waals surface area contributed by atoms with Crippen molar-refractivity contribution >= 4 is 53.8 Å². The second kappa shape index (κ2) is 12.4. The van der Waals surface area contributed by atoms with Crippen LogP contribution in [0.4, 0.5) is 22.7 Å². The van der Waals surface area contributed by atoms with Gasteiger partial charge < -0.3 is 27.6 Å². The van der Waals surface area contributed by atoms with Crippen LogP contribution in [0.15, 0.2) is 64.4 Å². The van der Waals surface area contributed by atoms with Crippen LogP contribution < -0.4 is 22.5 Å². The van der Waals surface area contributed by atoms with Crippen LogP contribution in [-0.4, -0.2) is 38.1 Å². The lowest BCUT2D eigenvalue weighted by Gasteiger charge is -2.13. The standard InChI is InChI=1S/C15H18N2.C10H10N2O7S2.C2H6/c1-10-8-12(4-6-14(10)16)13-5-7-15(17-3)11(2)9-13;11-5-2-1-4-6(20(14,15)16)3-7(21(17,18)19)9(12)8(4)10(5)13;1-2/h4-9,17H,16H2,1-3H3;1-3,13H,11-12H2,(H,14,15,16)(H,17,18,19);1-2H3. The van der Waals surface area contributed by atoms with Gasteiger partial charge in [0.15, 0.2) is 0 Å². The third-order valence-electron chi connectivity index (χ3n) is 5.93. The van der Waals surface area contributed by atoms with Crippen molar-refractivity contribution in [2.45, 2.75) is 37.5 Å². The van der Waals surface area contributed by atoms with Gasteiger partial charge >= 0.3 is 0 Å². The van der Waals surface area contributed by atoms with Gasteiger partial charge in [-0.05, 0) is 72.5 Å². The predicted octanol–water partition coefficient (Wildman–Crippen LogP) is 4.82. The highest BCUT2D eigenvalue weighted by molar-refractivity contribution is 7.87. The molecule has 0 saturated carbocycles. The van der Waals surface area contributed by atoms with E-state index < -0.39 is 46.9 Å². The topological polar surface area (TPSA) is 219 Å². The van der Waals surface area contributed by atoms with Crippen LogP contribution in [0.5, 0.6) is 5.75 Å². The Hall–Kier alpha value is -4.04. The minimum absolute atomic E-state index is 0.192. The quantitative estimate of drug-likeness (QED) is 0.0969. The molecule has 216 valence electrons. The lowest BCUT2D eigenvalue weighted by molar-refractivity contribution is 0.481. The monoisotopic (exact) mass is 590 g/mol. The summed E-state index contributed by atoms with van der Waals surface area (Å²) >= 11 is 0. The largest absolute Gasteiger partial charge is 0.505 e. The van der Waals surface area contributed by atoms with E-state index in [4.69, 9.17) is 21.8 Å². The molecule has 0 fully saturated rings.